The lowest BCUT2D eigenvalue weighted by atomic mass is 10.0. The summed E-state index contributed by atoms with van der Waals surface area (Å²) in [4.78, 5) is 38.7. The minimum Gasteiger partial charge on any atom is -0.294 e. The molecule has 0 unspecified atom stereocenters. The smallest absolute Gasteiger partial charge is 0.255 e. The number of thiophene rings is 1. The average Bonchev–Trinajstić information content (AvgIpc) is 3.68. The van der Waals surface area contributed by atoms with Crippen molar-refractivity contribution in [1.29, 1.82) is 0 Å². The maximum Gasteiger partial charge on any atom is 0.255 e. The van der Waals surface area contributed by atoms with Crippen molar-refractivity contribution < 1.29 is 9.59 Å². The molecule has 1 N–H and O–H groups in total. The third kappa shape index (κ3) is 5.60. The minimum atomic E-state index is -0.222. The molecule has 0 saturated carbocycles. The third-order valence-electron chi connectivity index (χ3n) is 5.59. The van der Waals surface area contributed by atoms with E-state index in [0.717, 1.165) is 0 Å². The van der Waals surface area contributed by atoms with Gasteiger partial charge in [0, 0.05) is 49.2 Å². The highest BCUT2D eigenvalue weighted by molar-refractivity contribution is 7.18. The Morgan fingerprint density at radius 1 is 1.00 bits per heavy atom. The van der Waals surface area contributed by atoms with Crippen LogP contribution >= 0.6 is 22.9 Å². The zero-order valence-electron chi connectivity index (χ0n) is 19.2. The lowest BCUT2D eigenvalue weighted by molar-refractivity contribution is 0.0976. The van der Waals surface area contributed by atoms with Crippen LogP contribution < -0.4 is 5.56 Å². The Bertz CT molecular complexity index is 1620. The molecule has 11 nitrogen and oxygen atoms in total. The number of benzene rings is 1. The minimum absolute atomic E-state index is 0.0264. The van der Waals surface area contributed by atoms with E-state index in [2.05, 4.69) is 30.9 Å². The maximum absolute atomic E-state index is 13.3. The Morgan fingerprint density at radius 2 is 1.86 bits per heavy atom. The van der Waals surface area contributed by atoms with Crippen LogP contribution in [0.5, 0.6) is 0 Å². The highest BCUT2D eigenvalue weighted by atomic mass is 35.5. The number of tetrazole rings is 1. The number of H-pyrrole nitrogens is 1. The second-order valence-electron chi connectivity index (χ2n) is 8.04. The summed E-state index contributed by atoms with van der Waals surface area (Å²) >= 11 is 7.17. The SMILES string of the molecule is O=C(CCc1cn(-c2ccc(-n3ccccc3=O)cc2C(=O)CCc2nn[nH]n2)nn1)c1ccc(Cl)s1. The zero-order valence-corrected chi connectivity index (χ0v) is 20.8. The molecule has 13 heteroatoms. The molecular weight excluding hydrogens is 516 g/mol. The molecule has 5 aromatic rings. The molecule has 0 saturated heterocycles. The fraction of sp³-hybridized carbons (Fsp3) is 0.167. The van der Waals surface area contributed by atoms with Crippen molar-refractivity contribution in [1.82, 2.24) is 40.2 Å². The summed E-state index contributed by atoms with van der Waals surface area (Å²) in [6, 6.07) is 13.3. The van der Waals surface area contributed by atoms with E-state index < -0.39 is 0 Å². The van der Waals surface area contributed by atoms with Crippen LogP contribution in [0.25, 0.3) is 11.4 Å². The molecule has 0 aliphatic heterocycles. The molecule has 0 aliphatic rings. The highest BCUT2D eigenvalue weighted by Crippen LogP contribution is 2.24. The first-order chi connectivity index (χ1) is 18.0. The van der Waals surface area contributed by atoms with Crippen LogP contribution in [-0.4, -0.2) is 51.8 Å². The Morgan fingerprint density at radius 3 is 2.62 bits per heavy atom. The number of hydrogen-bond donors (Lipinski definition) is 1. The molecule has 0 bridgehead atoms. The van der Waals surface area contributed by atoms with Crippen LogP contribution in [0.4, 0.5) is 0 Å². The zero-order chi connectivity index (χ0) is 25.8. The molecule has 0 aliphatic carbocycles. The van der Waals surface area contributed by atoms with E-state index >= 15 is 0 Å². The summed E-state index contributed by atoms with van der Waals surface area (Å²) in [7, 11) is 0. The van der Waals surface area contributed by atoms with Crippen molar-refractivity contribution >= 4 is 34.5 Å². The number of hydrogen-bond acceptors (Lipinski definition) is 9. The van der Waals surface area contributed by atoms with Gasteiger partial charge < -0.3 is 0 Å². The van der Waals surface area contributed by atoms with E-state index in [0.29, 0.717) is 50.5 Å². The maximum atomic E-state index is 13.3. The van der Waals surface area contributed by atoms with Gasteiger partial charge in [0.05, 0.1) is 26.8 Å². The lowest BCUT2D eigenvalue weighted by Gasteiger charge is -2.12. The first-order valence-corrected chi connectivity index (χ1v) is 12.4. The summed E-state index contributed by atoms with van der Waals surface area (Å²) in [5, 5.41) is 22.0. The van der Waals surface area contributed by atoms with Gasteiger partial charge in [-0.25, -0.2) is 4.68 Å². The number of carbonyl (C=O) groups is 2. The Kier molecular flexibility index (Phi) is 7.10. The molecule has 37 heavy (non-hydrogen) atoms. The molecule has 1 aromatic carbocycles. The summed E-state index contributed by atoms with van der Waals surface area (Å²) in [5.41, 5.74) is 1.78. The number of halogens is 1. The van der Waals surface area contributed by atoms with E-state index in [1.54, 1.807) is 54.9 Å². The molecule has 4 aromatic heterocycles. The lowest BCUT2D eigenvalue weighted by Crippen LogP contribution is -2.17. The van der Waals surface area contributed by atoms with Gasteiger partial charge in [0.15, 0.2) is 17.4 Å². The van der Waals surface area contributed by atoms with Gasteiger partial charge in [0.1, 0.15) is 0 Å². The summed E-state index contributed by atoms with van der Waals surface area (Å²) in [5.74, 6) is 0.207. The van der Waals surface area contributed by atoms with Crippen LogP contribution in [0.15, 0.2) is 65.7 Å². The summed E-state index contributed by atoms with van der Waals surface area (Å²) < 4.78 is 3.52. The Hall–Kier alpha value is -4.29. The van der Waals surface area contributed by atoms with Crippen LogP contribution in [0, 0.1) is 0 Å². The quantitative estimate of drug-likeness (QED) is 0.269. The Labute approximate surface area is 218 Å². The topological polar surface area (TPSA) is 141 Å². The number of aromatic amines is 1. The summed E-state index contributed by atoms with van der Waals surface area (Å²) in [6.07, 6.45) is 4.38. The van der Waals surface area contributed by atoms with E-state index in [1.165, 1.54) is 26.7 Å². The van der Waals surface area contributed by atoms with Gasteiger partial charge in [-0.1, -0.05) is 28.1 Å². The largest absolute Gasteiger partial charge is 0.294 e. The van der Waals surface area contributed by atoms with E-state index in [1.807, 2.05) is 0 Å². The fourth-order valence-electron chi connectivity index (χ4n) is 3.75. The second-order valence-corrected chi connectivity index (χ2v) is 9.76. The van der Waals surface area contributed by atoms with E-state index in [4.69, 9.17) is 11.6 Å². The van der Waals surface area contributed by atoms with Crippen LogP contribution in [0.3, 0.4) is 0 Å². The number of carbonyl (C=O) groups excluding carboxylic acids is 2. The molecule has 0 spiro atoms. The van der Waals surface area contributed by atoms with Gasteiger partial charge in [-0.15, -0.1) is 26.6 Å². The molecule has 0 atom stereocenters. The monoisotopic (exact) mass is 534 g/mol. The van der Waals surface area contributed by atoms with Gasteiger partial charge in [-0.2, -0.15) is 5.21 Å². The first kappa shape index (κ1) is 24.4. The van der Waals surface area contributed by atoms with Gasteiger partial charge in [0.25, 0.3) is 5.56 Å². The van der Waals surface area contributed by atoms with Gasteiger partial charge in [-0.05, 0) is 36.4 Å². The van der Waals surface area contributed by atoms with Gasteiger partial charge in [-0.3, -0.25) is 19.0 Å². The molecule has 5 rings (SSSR count). The van der Waals surface area contributed by atoms with Crippen LogP contribution in [-0.2, 0) is 12.8 Å². The van der Waals surface area contributed by atoms with Crippen molar-refractivity contribution in [3.8, 4) is 11.4 Å². The van der Waals surface area contributed by atoms with Gasteiger partial charge >= 0.3 is 0 Å². The predicted molar refractivity (Wildman–Crippen MR) is 136 cm³/mol. The van der Waals surface area contributed by atoms with Crippen LogP contribution in [0.1, 0.15) is 44.4 Å². The number of nitrogens with one attached hydrogen (secondary N) is 1. The number of aryl methyl sites for hydroxylation is 2. The van der Waals surface area contributed by atoms with E-state index in [-0.39, 0.29) is 30.0 Å². The van der Waals surface area contributed by atoms with Crippen molar-refractivity contribution in [3.05, 3.63) is 97.6 Å². The number of ketones is 2. The molecule has 0 radical (unpaired) electrons. The summed E-state index contributed by atoms with van der Waals surface area (Å²) in [6.45, 7) is 0. The van der Waals surface area contributed by atoms with Crippen LogP contribution in [0.2, 0.25) is 4.34 Å². The average molecular weight is 535 g/mol. The standard InChI is InChI=1S/C24H19ClN8O3S/c25-22-10-9-21(37-22)20(35)7-4-15-14-33(31-26-15)18-6-5-16(32-12-2-1-3-24(32)36)13-17(18)19(34)8-11-23-27-29-30-28-23/h1-3,5-6,9-10,12-14H,4,7-8,11H2,(H,27,28,29,30). The predicted octanol–water partition coefficient (Wildman–Crippen LogP) is 3.28. The molecule has 0 amide bonds. The number of aromatic nitrogens is 8. The third-order valence-corrected chi connectivity index (χ3v) is 6.86. The Balaban J connectivity index is 1.41. The normalized spacial score (nSPS) is 11.1. The molecule has 4 heterocycles. The number of Topliss-reactive ketones (excluding diaryl/α,β-unsaturated/α-hetero) is 2. The van der Waals surface area contributed by atoms with Crippen molar-refractivity contribution in [2.75, 3.05) is 0 Å². The van der Waals surface area contributed by atoms with Gasteiger partial charge in [0.2, 0.25) is 0 Å². The van der Waals surface area contributed by atoms with E-state index in [9.17, 15) is 14.4 Å². The molecule has 186 valence electrons. The fourth-order valence-corrected chi connectivity index (χ4v) is 4.76. The van der Waals surface area contributed by atoms with Crippen molar-refractivity contribution in [3.63, 3.8) is 0 Å². The number of rotatable bonds is 10. The van der Waals surface area contributed by atoms with Crippen molar-refractivity contribution in [2.45, 2.75) is 25.7 Å². The first-order valence-electron chi connectivity index (χ1n) is 11.3. The van der Waals surface area contributed by atoms with Crippen molar-refractivity contribution in [2.24, 2.45) is 0 Å². The second kappa shape index (κ2) is 10.8. The number of nitrogens with zero attached hydrogens (tertiary/aromatic N) is 7. The molecule has 0 fully saturated rings. The number of pyridine rings is 1. The highest BCUT2D eigenvalue weighted by Gasteiger charge is 2.18. The molecular formula is C24H19ClN8O3S.